The summed E-state index contributed by atoms with van der Waals surface area (Å²) in [6.45, 7) is 3.46. The summed E-state index contributed by atoms with van der Waals surface area (Å²) in [5, 5.41) is 7.28. The molecule has 8 heteroatoms. The number of piperazine rings is 1. The number of fused-ring (bicyclic) bond motifs is 1. The van der Waals surface area contributed by atoms with E-state index < -0.39 is 11.8 Å². The summed E-state index contributed by atoms with van der Waals surface area (Å²) < 4.78 is 30.6. The molecule has 1 aromatic carbocycles. The van der Waals surface area contributed by atoms with Gasteiger partial charge in [0.15, 0.2) is 0 Å². The molecule has 1 amide bonds. The molecule has 6 nitrogen and oxygen atoms in total. The van der Waals surface area contributed by atoms with Gasteiger partial charge < -0.3 is 15.1 Å². The molecular weight excluding hydrogens is 436 g/mol. The van der Waals surface area contributed by atoms with Crippen LogP contribution in [0.5, 0.6) is 0 Å². The zero-order chi connectivity index (χ0) is 23.3. The van der Waals surface area contributed by atoms with E-state index in [-0.39, 0.29) is 12.5 Å². The van der Waals surface area contributed by atoms with Crippen LogP contribution in [0.1, 0.15) is 30.7 Å². The molecule has 2 aliphatic heterocycles. The molecule has 1 saturated carbocycles. The number of carbonyl (C=O) groups excluding carboxylic acids is 1. The first-order valence-electron chi connectivity index (χ1n) is 12.2. The van der Waals surface area contributed by atoms with Gasteiger partial charge in [-0.25, -0.2) is 13.3 Å². The third-order valence-electron chi connectivity index (χ3n) is 7.47. The summed E-state index contributed by atoms with van der Waals surface area (Å²) in [5.41, 5.74) is 4.79. The van der Waals surface area contributed by atoms with Crippen LogP contribution in [0.15, 0.2) is 48.8 Å². The number of nitrogens with one attached hydrogen (secondary N) is 1. The Bertz CT molecular complexity index is 1200. The summed E-state index contributed by atoms with van der Waals surface area (Å²) in [6, 6.07) is 11.7. The Morgan fingerprint density at radius 3 is 2.47 bits per heavy atom. The van der Waals surface area contributed by atoms with Crippen molar-refractivity contribution < 1.29 is 13.6 Å². The summed E-state index contributed by atoms with van der Waals surface area (Å²) in [5.74, 6) is -2.89. The van der Waals surface area contributed by atoms with Crippen LogP contribution in [-0.2, 0) is 4.79 Å². The molecule has 1 N–H and O–H groups in total. The van der Waals surface area contributed by atoms with Gasteiger partial charge in [-0.3, -0.25) is 4.79 Å². The molecule has 3 fully saturated rings. The van der Waals surface area contributed by atoms with Crippen molar-refractivity contribution in [1.82, 2.24) is 19.8 Å². The lowest BCUT2D eigenvalue weighted by atomic mass is 9.86. The second-order valence-corrected chi connectivity index (χ2v) is 9.76. The highest BCUT2D eigenvalue weighted by molar-refractivity contribution is 5.82. The van der Waals surface area contributed by atoms with Crippen molar-refractivity contribution in [2.24, 2.45) is 5.92 Å². The van der Waals surface area contributed by atoms with Gasteiger partial charge in [-0.1, -0.05) is 24.3 Å². The highest BCUT2D eigenvalue weighted by Gasteiger charge is 2.42. The molecule has 0 spiro atoms. The molecule has 1 atom stereocenters. The van der Waals surface area contributed by atoms with Gasteiger partial charge in [0.2, 0.25) is 5.91 Å². The minimum Gasteiger partial charge on any atom is -0.366 e. The average Bonchev–Trinajstić information content (AvgIpc) is 3.61. The van der Waals surface area contributed by atoms with Crippen molar-refractivity contribution in [1.29, 1.82) is 0 Å². The van der Waals surface area contributed by atoms with E-state index in [1.807, 2.05) is 45.9 Å². The minimum atomic E-state index is -2.73. The Balaban J connectivity index is 1.22. The van der Waals surface area contributed by atoms with Crippen LogP contribution in [0.2, 0.25) is 0 Å². The fraction of sp³-hybridized carbons (Fsp3) is 0.462. The van der Waals surface area contributed by atoms with Crippen LogP contribution in [0.3, 0.4) is 0 Å². The Kier molecular flexibility index (Phi) is 5.28. The minimum absolute atomic E-state index is 0.262. The average molecular weight is 466 g/mol. The normalized spacial score (nSPS) is 22.8. The van der Waals surface area contributed by atoms with Crippen molar-refractivity contribution in [3.63, 3.8) is 0 Å². The van der Waals surface area contributed by atoms with Crippen LogP contribution < -0.4 is 10.2 Å². The molecule has 1 unspecified atom stereocenters. The number of halogens is 2. The Morgan fingerprint density at radius 1 is 1.00 bits per heavy atom. The number of alkyl halides is 2. The molecule has 3 aliphatic rings. The number of benzene rings is 1. The largest absolute Gasteiger partial charge is 0.366 e. The number of carbonyl (C=O) groups is 1. The highest BCUT2D eigenvalue weighted by Crippen LogP contribution is 2.39. The Morgan fingerprint density at radius 2 is 1.76 bits per heavy atom. The zero-order valence-corrected chi connectivity index (χ0v) is 19.1. The molecular formula is C26H29F2N5O. The topological polar surface area (TPSA) is 52.9 Å². The SMILES string of the molecule is O=C(C1CC1)N1CCN(c2ccnn3cc(-c4ccc(C5CCNCC5(F)F)cc4)cc23)CC1. The van der Waals surface area contributed by atoms with Crippen molar-refractivity contribution in [2.45, 2.75) is 31.1 Å². The molecule has 34 heavy (non-hydrogen) atoms. The van der Waals surface area contributed by atoms with Crippen molar-refractivity contribution in [3.05, 3.63) is 54.4 Å². The standard InChI is InChI=1S/C26H29F2N5O/c27-26(28)17-29-9-7-22(26)19-3-1-18(2-4-19)21-15-24-23(8-10-30-33(24)16-21)31-11-13-32(14-12-31)25(34)20-5-6-20/h1-4,8,10,15-16,20,22,29H,5-7,9,11-14,17H2. The van der Waals surface area contributed by atoms with Crippen LogP contribution >= 0.6 is 0 Å². The number of piperidine rings is 1. The predicted octanol–water partition coefficient (Wildman–Crippen LogP) is 3.77. The van der Waals surface area contributed by atoms with E-state index in [4.69, 9.17) is 0 Å². The van der Waals surface area contributed by atoms with Crippen LogP contribution in [0, 0.1) is 5.92 Å². The van der Waals surface area contributed by atoms with Crippen molar-refractivity contribution in [2.75, 3.05) is 44.2 Å². The maximum Gasteiger partial charge on any atom is 0.267 e. The molecule has 0 radical (unpaired) electrons. The predicted molar refractivity (Wildman–Crippen MR) is 127 cm³/mol. The van der Waals surface area contributed by atoms with E-state index >= 15 is 0 Å². The van der Waals surface area contributed by atoms with E-state index in [2.05, 4.69) is 21.4 Å². The number of amides is 1. The molecule has 4 heterocycles. The van der Waals surface area contributed by atoms with Gasteiger partial charge in [0.05, 0.1) is 23.7 Å². The van der Waals surface area contributed by atoms with Crippen LogP contribution in [0.25, 0.3) is 16.6 Å². The first-order valence-corrected chi connectivity index (χ1v) is 12.2. The number of nitrogens with zero attached hydrogens (tertiary/aromatic N) is 4. The fourth-order valence-corrected chi connectivity index (χ4v) is 5.34. The van der Waals surface area contributed by atoms with Crippen molar-refractivity contribution >= 4 is 17.1 Å². The lowest BCUT2D eigenvalue weighted by molar-refractivity contribution is -0.132. The highest BCUT2D eigenvalue weighted by atomic mass is 19.3. The maximum atomic E-state index is 14.3. The summed E-state index contributed by atoms with van der Waals surface area (Å²) in [6.07, 6.45) is 6.31. The monoisotopic (exact) mass is 465 g/mol. The van der Waals surface area contributed by atoms with E-state index in [1.165, 1.54) is 0 Å². The molecule has 1 aliphatic carbocycles. The van der Waals surface area contributed by atoms with E-state index in [9.17, 15) is 13.6 Å². The first kappa shape index (κ1) is 21.5. The number of rotatable bonds is 4. The van der Waals surface area contributed by atoms with Gasteiger partial charge >= 0.3 is 0 Å². The van der Waals surface area contributed by atoms with E-state index in [0.717, 1.165) is 61.4 Å². The number of hydrogen-bond donors (Lipinski definition) is 1. The third-order valence-corrected chi connectivity index (χ3v) is 7.47. The summed E-state index contributed by atoms with van der Waals surface area (Å²) in [7, 11) is 0. The molecule has 2 aromatic heterocycles. The van der Waals surface area contributed by atoms with Crippen LogP contribution in [-0.4, -0.2) is 65.6 Å². The zero-order valence-electron chi connectivity index (χ0n) is 19.1. The molecule has 6 rings (SSSR count). The molecule has 3 aromatic rings. The summed E-state index contributed by atoms with van der Waals surface area (Å²) >= 11 is 0. The van der Waals surface area contributed by atoms with Gasteiger partial charge in [-0.05, 0) is 49.1 Å². The van der Waals surface area contributed by atoms with Gasteiger partial charge in [-0.15, -0.1) is 0 Å². The molecule has 178 valence electrons. The maximum absolute atomic E-state index is 14.3. The molecule has 2 saturated heterocycles. The fourth-order valence-electron chi connectivity index (χ4n) is 5.34. The number of anilines is 1. The second kappa shape index (κ2) is 8.34. The van der Waals surface area contributed by atoms with Gasteiger partial charge in [-0.2, -0.15) is 5.10 Å². The Hall–Kier alpha value is -3.00. The van der Waals surface area contributed by atoms with E-state index in [0.29, 0.717) is 24.4 Å². The first-order chi connectivity index (χ1) is 16.5. The van der Waals surface area contributed by atoms with Gasteiger partial charge in [0.25, 0.3) is 5.92 Å². The lowest BCUT2D eigenvalue weighted by Gasteiger charge is -2.36. The van der Waals surface area contributed by atoms with Crippen LogP contribution in [0.4, 0.5) is 14.5 Å². The van der Waals surface area contributed by atoms with Crippen molar-refractivity contribution in [3.8, 4) is 11.1 Å². The van der Waals surface area contributed by atoms with Gasteiger partial charge in [0, 0.05) is 50.1 Å². The quantitative estimate of drug-likeness (QED) is 0.637. The molecule has 0 bridgehead atoms. The summed E-state index contributed by atoms with van der Waals surface area (Å²) in [4.78, 5) is 16.7. The lowest BCUT2D eigenvalue weighted by Crippen LogP contribution is -2.49. The van der Waals surface area contributed by atoms with E-state index in [1.54, 1.807) is 6.20 Å². The third kappa shape index (κ3) is 3.94. The smallest absolute Gasteiger partial charge is 0.267 e. The number of hydrogen-bond acceptors (Lipinski definition) is 4. The second-order valence-electron chi connectivity index (χ2n) is 9.76. The number of aromatic nitrogens is 2. The Labute approximate surface area is 197 Å². The van der Waals surface area contributed by atoms with Gasteiger partial charge in [0.1, 0.15) is 0 Å².